The van der Waals surface area contributed by atoms with Gasteiger partial charge in [0, 0.05) is 24.2 Å². The van der Waals surface area contributed by atoms with Crippen LogP contribution in [0.5, 0.6) is 0 Å². The third-order valence-electron chi connectivity index (χ3n) is 3.44. The van der Waals surface area contributed by atoms with Gasteiger partial charge in [0.25, 0.3) is 0 Å². The maximum absolute atomic E-state index is 12.1. The van der Waals surface area contributed by atoms with Crippen LogP contribution in [0, 0.1) is 5.92 Å². The molecule has 0 unspecified atom stereocenters. The van der Waals surface area contributed by atoms with Crippen molar-refractivity contribution in [2.75, 3.05) is 18.4 Å². The van der Waals surface area contributed by atoms with Crippen molar-refractivity contribution < 1.29 is 14.7 Å². The SMILES string of the molecule is CC(C)c1cnc(NC(=O)N2CCC(C(=O)O)CC2)s1. The van der Waals surface area contributed by atoms with Gasteiger partial charge in [-0.3, -0.25) is 10.1 Å². The minimum absolute atomic E-state index is 0.196. The van der Waals surface area contributed by atoms with Crippen LogP contribution >= 0.6 is 11.3 Å². The van der Waals surface area contributed by atoms with E-state index in [2.05, 4.69) is 24.1 Å². The number of nitrogens with zero attached hydrogens (tertiary/aromatic N) is 2. The van der Waals surface area contributed by atoms with Crippen LogP contribution in [-0.2, 0) is 4.79 Å². The van der Waals surface area contributed by atoms with Crippen LogP contribution in [0.2, 0.25) is 0 Å². The summed E-state index contributed by atoms with van der Waals surface area (Å²) in [5.74, 6) is -0.706. The fourth-order valence-electron chi connectivity index (χ4n) is 2.11. The molecule has 0 radical (unpaired) electrons. The molecule has 0 spiro atoms. The van der Waals surface area contributed by atoms with E-state index in [0.29, 0.717) is 37.0 Å². The van der Waals surface area contributed by atoms with Crippen molar-refractivity contribution in [3.8, 4) is 0 Å². The summed E-state index contributed by atoms with van der Waals surface area (Å²) in [5, 5.41) is 12.3. The average Bonchev–Trinajstić information content (AvgIpc) is 2.87. The Labute approximate surface area is 121 Å². The molecule has 1 fully saturated rings. The number of hydrogen-bond donors (Lipinski definition) is 2. The summed E-state index contributed by atoms with van der Waals surface area (Å²) in [7, 11) is 0. The zero-order valence-electron chi connectivity index (χ0n) is 11.6. The normalized spacial score (nSPS) is 16.4. The molecule has 1 aromatic rings. The van der Waals surface area contributed by atoms with Gasteiger partial charge in [-0.1, -0.05) is 13.8 Å². The van der Waals surface area contributed by atoms with Crippen LogP contribution in [-0.4, -0.2) is 40.1 Å². The number of thiazole rings is 1. The molecular formula is C13H19N3O3S. The first kappa shape index (κ1) is 14.8. The molecule has 20 heavy (non-hydrogen) atoms. The minimum atomic E-state index is -0.772. The smallest absolute Gasteiger partial charge is 0.323 e. The average molecular weight is 297 g/mol. The van der Waals surface area contributed by atoms with Gasteiger partial charge in [0.1, 0.15) is 0 Å². The van der Waals surface area contributed by atoms with Crippen LogP contribution < -0.4 is 5.32 Å². The molecule has 1 aliphatic rings. The summed E-state index contributed by atoms with van der Waals surface area (Å²) in [5.41, 5.74) is 0. The summed E-state index contributed by atoms with van der Waals surface area (Å²) in [4.78, 5) is 29.9. The molecule has 0 atom stereocenters. The highest BCUT2D eigenvalue weighted by atomic mass is 32.1. The molecular weight excluding hydrogens is 278 g/mol. The van der Waals surface area contributed by atoms with Crippen molar-refractivity contribution in [2.45, 2.75) is 32.6 Å². The Morgan fingerprint density at radius 3 is 2.60 bits per heavy atom. The van der Waals surface area contributed by atoms with Gasteiger partial charge >= 0.3 is 12.0 Å². The lowest BCUT2D eigenvalue weighted by atomic mass is 9.97. The number of urea groups is 1. The zero-order valence-corrected chi connectivity index (χ0v) is 12.4. The van der Waals surface area contributed by atoms with Crippen LogP contribution in [0.1, 0.15) is 37.5 Å². The number of aliphatic carboxylic acids is 1. The topological polar surface area (TPSA) is 82.5 Å². The first-order valence-electron chi connectivity index (χ1n) is 6.72. The van der Waals surface area contributed by atoms with E-state index in [1.807, 2.05) is 0 Å². The highest BCUT2D eigenvalue weighted by molar-refractivity contribution is 7.15. The highest BCUT2D eigenvalue weighted by Crippen LogP contribution is 2.25. The fraction of sp³-hybridized carbons (Fsp3) is 0.615. The Kier molecular flexibility index (Phi) is 4.59. The van der Waals surface area contributed by atoms with Gasteiger partial charge < -0.3 is 10.0 Å². The monoisotopic (exact) mass is 297 g/mol. The molecule has 0 aromatic carbocycles. The molecule has 1 aromatic heterocycles. The van der Waals surface area contributed by atoms with E-state index >= 15 is 0 Å². The summed E-state index contributed by atoms with van der Waals surface area (Å²) in [6.45, 7) is 5.11. The molecule has 2 heterocycles. The summed E-state index contributed by atoms with van der Waals surface area (Å²) in [6, 6.07) is -0.196. The van der Waals surface area contributed by atoms with E-state index in [1.165, 1.54) is 11.3 Å². The van der Waals surface area contributed by atoms with E-state index in [-0.39, 0.29) is 11.9 Å². The number of carboxylic acids is 1. The lowest BCUT2D eigenvalue weighted by Crippen LogP contribution is -2.42. The second-order valence-electron chi connectivity index (χ2n) is 5.25. The van der Waals surface area contributed by atoms with Gasteiger partial charge in [-0.25, -0.2) is 9.78 Å². The number of carboxylic acid groups (broad SMARTS) is 1. The Morgan fingerprint density at radius 1 is 1.45 bits per heavy atom. The van der Waals surface area contributed by atoms with Crippen molar-refractivity contribution in [1.29, 1.82) is 0 Å². The maximum Gasteiger partial charge on any atom is 0.323 e. The second-order valence-corrected chi connectivity index (χ2v) is 6.31. The predicted octanol–water partition coefficient (Wildman–Crippen LogP) is 2.60. The summed E-state index contributed by atoms with van der Waals surface area (Å²) < 4.78 is 0. The molecule has 1 saturated heterocycles. The Bertz CT molecular complexity index is 493. The number of anilines is 1. The highest BCUT2D eigenvalue weighted by Gasteiger charge is 2.27. The lowest BCUT2D eigenvalue weighted by molar-refractivity contribution is -0.143. The maximum atomic E-state index is 12.1. The number of piperidine rings is 1. The Balaban J connectivity index is 1.87. The molecule has 0 saturated carbocycles. The number of nitrogens with one attached hydrogen (secondary N) is 1. The number of rotatable bonds is 3. The molecule has 2 amide bonds. The van der Waals surface area contributed by atoms with Crippen molar-refractivity contribution in [2.24, 2.45) is 5.92 Å². The van der Waals surface area contributed by atoms with E-state index < -0.39 is 5.97 Å². The van der Waals surface area contributed by atoms with Gasteiger partial charge in [-0.05, 0) is 18.8 Å². The van der Waals surface area contributed by atoms with Crippen LogP contribution in [0.3, 0.4) is 0 Å². The zero-order chi connectivity index (χ0) is 14.7. The second kappa shape index (κ2) is 6.21. The first-order chi connectivity index (χ1) is 9.47. The number of carbonyl (C=O) groups is 2. The van der Waals surface area contributed by atoms with Crippen molar-refractivity contribution in [3.63, 3.8) is 0 Å². The van der Waals surface area contributed by atoms with Crippen LogP contribution in [0.15, 0.2) is 6.20 Å². The molecule has 0 aliphatic carbocycles. The van der Waals surface area contributed by atoms with E-state index in [1.54, 1.807) is 11.1 Å². The molecule has 6 nitrogen and oxygen atoms in total. The minimum Gasteiger partial charge on any atom is -0.481 e. The number of hydrogen-bond acceptors (Lipinski definition) is 4. The summed E-state index contributed by atoms with van der Waals surface area (Å²) in [6.07, 6.45) is 2.80. The quantitative estimate of drug-likeness (QED) is 0.898. The van der Waals surface area contributed by atoms with E-state index in [9.17, 15) is 9.59 Å². The van der Waals surface area contributed by atoms with Gasteiger partial charge in [-0.2, -0.15) is 0 Å². The van der Waals surface area contributed by atoms with Gasteiger partial charge in [0.2, 0.25) is 0 Å². The van der Waals surface area contributed by atoms with Gasteiger partial charge in [0.15, 0.2) is 5.13 Å². The number of amides is 2. The van der Waals surface area contributed by atoms with Crippen molar-refractivity contribution >= 4 is 28.5 Å². The van der Waals surface area contributed by atoms with Gasteiger partial charge in [-0.15, -0.1) is 11.3 Å². The van der Waals surface area contributed by atoms with Crippen molar-refractivity contribution in [3.05, 3.63) is 11.1 Å². The number of carbonyl (C=O) groups excluding carboxylic acids is 1. The van der Waals surface area contributed by atoms with Gasteiger partial charge in [0.05, 0.1) is 5.92 Å². The van der Waals surface area contributed by atoms with E-state index in [4.69, 9.17) is 5.11 Å². The first-order valence-corrected chi connectivity index (χ1v) is 7.53. The Hall–Kier alpha value is -1.63. The third-order valence-corrected chi connectivity index (χ3v) is 4.65. The lowest BCUT2D eigenvalue weighted by Gasteiger charge is -2.29. The summed E-state index contributed by atoms with van der Waals surface area (Å²) >= 11 is 1.47. The Morgan fingerprint density at radius 2 is 2.10 bits per heavy atom. The molecule has 0 bridgehead atoms. The fourth-order valence-corrected chi connectivity index (χ4v) is 2.92. The molecule has 2 rings (SSSR count). The third kappa shape index (κ3) is 3.47. The molecule has 1 aliphatic heterocycles. The van der Waals surface area contributed by atoms with Crippen LogP contribution in [0.25, 0.3) is 0 Å². The molecule has 2 N–H and O–H groups in total. The van der Waals surface area contributed by atoms with E-state index in [0.717, 1.165) is 4.88 Å². The molecule has 110 valence electrons. The van der Waals surface area contributed by atoms with Crippen molar-refractivity contribution in [1.82, 2.24) is 9.88 Å². The number of likely N-dealkylation sites (tertiary alicyclic amines) is 1. The standard InChI is InChI=1S/C13H19N3O3S/c1-8(2)10-7-14-12(20-10)15-13(19)16-5-3-9(4-6-16)11(17)18/h7-9H,3-6H2,1-2H3,(H,17,18)(H,14,15,19). The molecule has 7 heteroatoms. The number of aromatic nitrogens is 1. The largest absolute Gasteiger partial charge is 0.481 e. The van der Waals surface area contributed by atoms with Crippen LogP contribution in [0.4, 0.5) is 9.93 Å². The predicted molar refractivity (Wildman–Crippen MR) is 77.2 cm³/mol.